The molecule has 0 aromatic heterocycles. The zero-order chi connectivity index (χ0) is 5.82. The number of rotatable bonds is 2. The molecule has 0 atom stereocenters. The van der Waals surface area contributed by atoms with E-state index >= 15 is 0 Å². The molecule has 0 unspecified atom stereocenters. The average molecular weight is 111 g/mol. The molecule has 0 aromatic rings. The van der Waals surface area contributed by atoms with Crippen molar-refractivity contribution in [1.82, 2.24) is 4.90 Å². The Labute approximate surface area is 50.2 Å². The van der Waals surface area contributed by atoms with Crippen molar-refractivity contribution in [2.45, 2.75) is 6.42 Å². The lowest BCUT2D eigenvalue weighted by Gasteiger charge is -2.10. The first-order valence-corrected chi connectivity index (χ1v) is 2.97. The molecule has 8 heavy (non-hydrogen) atoms. The summed E-state index contributed by atoms with van der Waals surface area (Å²) in [5, 5.41) is 0. The van der Waals surface area contributed by atoms with E-state index in [1.54, 1.807) is 0 Å². The lowest BCUT2D eigenvalue weighted by atomic mass is 10.4. The molecule has 1 heterocycles. The van der Waals surface area contributed by atoms with Crippen molar-refractivity contribution < 1.29 is 0 Å². The highest BCUT2D eigenvalue weighted by atomic mass is 15.2. The molecular weight excluding hydrogens is 100 g/mol. The highest BCUT2D eigenvalue weighted by Gasteiger charge is 2.00. The smallest absolute Gasteiger partial charge is 0.0851 e. The Hall–Kier alpha value is -0.530. The maximum atomic E-state index is 4.06. The summed E-state index contributed by atoms with van der Waals surface area (Å²) in [6, 6.07) is 0. The number of aliphatic imine (C=N–C) groups is 1. The van der Waals surface area contributed by atoms with Crippen molar-refractivity contribution in [1.29, 1.82) is 0 Å². The molecule has 1 aliphatic heterocycles. The van der Waals surface area contributed by atoms with Crippen molar-refractivity contribution in [3.05, 3.63) is 6.92 Å². The zero-order valence-electron chi connectivity index (χ0n) is 5.01. The van der Waals surface area contributed by atoms with E-state index in [1.165, 1.54) is 0 Å². The Kier molecular flexibility index (Phi) is 1.89. The third kappa shape index (κ3) is 1.22. The number of hydrogen-bond acceptors (Lipinski definition) is 2. The first-order chi connectivity index (χ1) is 3.93. The van der Waals surface area contributed by atoms with Gasteiger partial charge in [-0.05, 0) is 6.42 Å². The Morgan fingerprint density at radius 1 is 1.75 bits per heavy atom. The van der Waals surface area contributed by atoms with E-state index in [1.807, 2.05) is 6.34 Å². The Morgan fingerprint density at radius 2 is 2.62 bits per heavy atom. The maximum Gasteiger partial charge on any atom is 0.0851 e. The fourth-order valence-electron chi connectivity index (χ4n) is 0.790. The van der Waals surface area contributed by atoms with Crippen molar-refractivity contribution in [2.75, 3.05) is 19.6 Å². The highest BCUT2D eigenvalue weighted by molar-refractivity contribution is 5.56. The van der Waals surface area contributed by atoms with Gasteiger partial charge in [0.1, 0.15) is 0 Å². The average Bonchev–Trinajstić information content (AvgIpc) is 2.19. The van der Waals surface area contributed by atoms with Gasteiger partial charge in [-0.1, -0.05) is 6.92 Å². The minimum absolute atomic E-state index is 0.972. The summed E-state index contributed by atoms with van der Waals surface area (Å²) >= 11 is 0. The molecule has 1 radical (unpaired) electrons. The van der Waals surface area contributed by atoms with Gasteiger partial charge in [0.05, 0.1) is 12.9 Å². The van der Waals surface area contributed by atoms with E-state index in [4.69, 9.17) is 0 Å². The van der Waals surface area contributed by atoms with Crippen LogP contribution in [0.1, 0.15) is 6.42 Å². The molecule has 0 aliphatic carbocycles. The third-order valence-corrected chi connectivity index (χ3v) is 1.21. The lowest BCUT2D eigenvalue weighted by Crippen LogP contribution is -2.19. The molecule has 2 heteroatoms. The van der Waals surface area contributed by atoms with Crippen molar-refractivity contribution in [2.24, 2.45) is 4.99 Å². The lowest BCUT2D eigenvalue weighted by molar-refractivity contribution is 0.475. The van der Waals surface area contributed by atoms with Crippen LogP contribution in [0.5, 0.6) is 0 Å². The quantitative estimate of drug-likeness (QED) is 0.508. The van der Waals surface area contributed by atoms with Crippen molar-refractivity contribution >= 4 is 6.34 Å². The molecular formula is C6H11N2. The molecule has 45 valence electrons. The van der Waals surface area contributed by atoms with Crippen LogP contribution in [0.3, 0.4) is 0 Å². The normalized spacial score (nSPS) is 17.9. The number of nitrogens with zero attached hydrogens (tertiary/aromatic N) is 2. The van der Waals surface area contributed by atoms with Gasteiger partial charge in [-0.3, -0.25) is 4.99 Å². The molecule has 1 rings (SSSR count). The van der Waals surface area contributed by atoms with Crippen molar-refractivity contribution in [3.8, 4) is 0 Å². The molecule has 0 N–H and O–H groups in total. The molecule has 1 aliphatic rings. The monoisotopic (exact) mass is 111 g/mol. The predicted octanol–water partition coefficient (Wildman–Crippen LogP) is 0.554. The topological polar surface area (TPSA) is 15.6 Å². The van der Waals surface area contributed by atoms with Crippen LogP contribution in [0, 0.1) is 6.92 Å². The Morgan fingerprint density at radius 3 is 3.12 bits per heavy atom. The van der Waals surface area contributed by atoms with E-state index in [9.17, 15) is 0 Å². The van der Waals surface area contributed by atoms with Gasteiger partial charge in [0.2, 0.25) is 0 Å². The molecule has 0 amide bonds. The summed E-state index contributed by atoms with van der Waals surface area (Å²) in [7, 11) is 0. The SMILES string of the molecule is [CH2]CCN1C=NCC1. The van der Waals surface area contributed by atoms with Gasteiger partial charge in [-0.2, -0.15) is 0 Å². The fourth-order valence-corrected chi connectivity index (χ4v) is 0.790. The molecule has 0 aromatic carbocycles. The summed E-state index contributed by atoms with van der Waals surface area (Å²) in [6.07, 6.45) is 2.89. The standard InChI is InChI=1S/C6H11N2/c1-2-4-8-5-3-7-6-8/h6H,1-5H2. The van der Waals surface area contributed by atoms with Crippen molar-refractivity contribution in [3.63, 3.8) is 0 Å². The summed E-state index contributed by atoms with van der Waals surface area (Å²) in [5.41, 5.74) is 0. The Balaban J connectivity index is 2.16. The van der Waals surface area contributed by atoms with Gasteiger partial charge < -0.3 is 4.90 Å². The summed E-state index contributed by atoms with van der Waals surface area (Å²) in [5.74, 6) is 0. The summed E-state index contributed by atoms with van der Waals surface area (Å²) in [4.78, 5) is 6.24. The van der Waals surface area contributed by atoms with Gasteiger partial charge in [0, 0.05) is 13.1 Å². The number of hydrogen-bond donors (Lipinski definition) is 0. The maximum absolute atomic E-state index is 4.06. The highest BCUT2D eigenvalue weighted by Crippen LogP contribution is 1.92. The van der Waals surface area contributed by atoms with E-state index in [-0.39, 0.29) is 0 Å². The zero-order valence-corrected chi connectivity index (χ0v) is 5.01. The second-order valence-electron chi connectivity index (χ2n) is 1.91. The summed E-state index contributed by atoms with van der Waals surface area (Å²) < 4.78 is 0. The summed E-state index contributed by atoms with van der Waals surface area (Å²) in [6.45, 7) is 6.87. The predicted molar refractivity (Wildman–Crippen MR) is 34.9 cm³/mol. The van der Waals surface area contributed by atoms with Gasteiger partial charge in [0.15, 0.2) is 0 Å². The second kappa shape index (κ2) is 2.70. The van der Waals surface area contributed by atoms with Crippen LogP contribution in [0.4, 0.5) is 0 Å². The Bertz CT molecular complexity index is 88.5. The van der Waals surface area contributed by atoms with Crippen LogP contribution in [-0.2, 0) is 0 Å². The minimum atomic E-state index is 0.972. The van der Waals surface area contributed by atoms with Crippen LogP contribution in [-0.4, -0.2) is 30.9 Å². The first kappa shape index (κ1) is 5.60. The molecule has 0 fully saturated rings. The molecule has 2 nitrogen and oxygen atoms in total. The van der Waals surface area contributed by atoms with Crippen LogP contribution < -0.4 is 0 Å². The second-order valence-corrected chi connectivity index (χ2v) is 1.91. The molecule has 0 bridgehead atoms. The van der Waals surface area contributed by atoms with E-state index in [0.717, 1.165) is 26.1 Å². The van der Waals surface area contributed by atoms with Crippen LogP contribution in [0.2, 0.25) is 0 Å². The minimum Gasteiger partial charge on any atom is -0.361 e. The third-order valence-electron chi connectivity index (χ3n) is 1.21. The molecule has 0 saturated carbocycles. The van der Waals surface area contributed by atoms with Crippen LogP contribution >= 0.6 is 0 Å². The van der Waals surface area contributed by atoms with Gasteiger partial charge >= 0.3 is 0 Å². The molecule has 0 spiro atoms. The fraction of sp³-hybridized carbons (Fsp3) is 0.667. The first-order valence-electron chi connectivity index (χ1n) is 2.97. The van der Waals surface area contributed by atoms with E-state index < -0.39 is 0 Å². The molecule has 0 saturated heterocycles. The van der Waals surface area contributed by atoms with Gasteiger partial charge in [-0.15, -0.1) is 0 Å². The van der Waals surface area contributed by atoms with Gasteiger partial charge in [-0.25, -0.2) is 0 Å². The van der Waals surface area contributed by atoms with E-state index in [0.29, 0.717) is 0 Å². The largest absolute Gasteiger partial charge is 0.361 e. The van der Waals surface area contributed by atoms with Crippen LogP contribution in [0.15, 0.2) is 4.99 Å². The van der Waals surface area contributed by atoms with Crippen LogP contribution in [0.25, 0.3) is 0 Å². The van der Waals surface area contributed by atoms with Gasteiger partial charge in [0.25, 0.3) is 0 Å². The van der Waals surface area contributed by atoms with E-state index in [2.05, 4.69) is 16.8 Å².